The van der Waals surface area contributed by atoms with Crippen molar-refractivity contribution in [3.05, 3.63) is 0 Å². The predicted octanol–water partition coefficient (Wildman–Crippen LogP) is 0.790. The summed E-state index contributed by atoms with van der Waals surface area (Å²) in [6, 6.07) is 0.547. The van der Waals surface area contributed by atoms with Gasteiger partial charge < -0.3 is 10.7 Å². The van der Waals surface area contributed by atoms with Gasteiger partial charge in [0.05, 0.1) is 6.34 Å². The maximum Gasteiger partial charge on any atom is 0.0936 e. The van der Waals surface area contributed by atoms with Crippen molar-refractivity contribution in [2.24, 2.45) is 0 Å². The van der Waals surface area contributed by atoms with Crippen molar-refractivity contribution in [1.82, 2.24) is 15.8 Å². The van der Waals surface area contributed by atoms with Gasteiger partial charge in [0.25, 0.3) is 0 Å². The van der Waals surface area contributed by atoms with Crippen molar-refractivity contribution >= 4 is 30.3 Å². The molecule has 4 nitrogen and oxygen atoms in total. The summed E-state index contributed by atoms with van der Waals surface area (Å²) < 4.78 is 0. The normalized spacial score (nSPS) is 23.3. The lowest BCUT2D eigenvalue weighted by Crippen LogP contribution is -2.56. The van der Waals surface area contributed by atoms with Gasteiger partial charge >= 0.3 is 0 Å². The minimum absolute atomic E-state index is 0. The SMILES string of the molecule is CCCC1CNCCN1NC=N.I. The summed E-state index contributed by atoms with van der Waals surface area (Å²) in [7, 11) is 0. The molecule has 78 valence electrons. The highest BCUT2D eigenvalue weighted by Gasteiger charge is 2.19. The predicted molar refractivity (Wildman–Crippen MR) is 65.6 cm³/mol. The molecule has 0 spiro atoms. The second-order valence-corrected chi connectivity index (χ2v) is 3.11. The Morgan fingerprint density at radius 3 is 3.08 bits per heavy atom. The summed E-state index contributed by atoms with van der Waals surface area (Å²) in [5, 5.41) is 12.5. The Kier molecular flexibility index (Phi) is 7.59. The molecule has 0 aromatic heterocycles. The van der Waals surface area contributed by atoms with E-state index < -0.39 is 0 Å². The van der Waals surface area contributed by atoms with E-state index in [-0.39, 0.29) is 24.0 Å². The quantitative estimate of drug-likeness (QED) is 0.409. The summed E-state index contributed by atoms with van der Waals surface area (Å²) in [5.41, 5.74) is 2.95. The van der Waals surface area contributed by atoms with Crippen LogP contribution in [-0.2, 0) is 0 Å². The van der Waals surface area contributed by atoms with E-state index in [4.69, 9.17) is 5.41 Å². The first-order valence-corrected chi connectivity index (χ1v) is 4.61. The minimum atomic E-state index is 0. The third-order valence-electron chi connectivity index (χ3n) is 2.20. The molecule has 0 aromatic rings. The van der Waals surface area contributed by atoms with Gasteiger partial charge in [-0.15, -0.1) is 24.0 Å². The van der Waals surface area contributed by atoms with Crippen LogP contribution in [0.25, 0.3) is 0 Å². The van der Waals surface area contributed by atoms with Crippen molar-refractivity contribution in [2.45, 2.75) is 25.8 Å². The van der Waals surface area contributed by atoms with Crippen LogP contribution in [0.2, 0.25) is 0 Å². The zero-order chi connectivity index (χ0) is 8.81. The molecule has 1 fully saturated rings. The third kappa shape index (κ3) is 4.24. The Labute approximate surface area is 96.9 Å². The van der Waals surface area contributed by atoms with Gasteiger partial charge in [-0.3, -0.25) is 5.41 Å². The number of halogens is 1. The van der Waals surface area contributed by atoms with Crippen molar-refractivity contribution in [3.8, 4) is 0 Å². The molecule has 5 heteroatoms. The van der Waals surface area contributed by atoms with E-state index in [2.05, 4.69) is 22.7 Å². The molecule has 3 N–H and O–H groups in total. The van der Waals surface area contributed by atoms with Crippen LogP contribution in [0, 0.1) is 5.41 Å². The third-order valence-corrected chi connectivity index (χ3v) is 2.20. The average molecular weight is 298 g/mol. The lowest BCUT2D eigenvalue weighted by atomic mass is 10.1. The number of piperazine rings is 1. The number of hydrogen-bond acceptors (Lipinski definition) is 3. The Morgan fingerprint density at radius 2 is 2.46 bits per heavy atom. The van der Waals surface area contributed by atoms with Crippen LogP contribution in [0.15, 0.2) is 0 Å². The molecule has 1 atom stereocenters. The molecular weight excluding hydrogens is 279 g/mol. The molecule has 0 radical (unpaired) electrons. The lowest BCUT2D eigenvalue weighted by molar-refractivity contribution is 0.124. The molecule has 13 heavy (non-hydrogen) atoms. The average Bonchev–Trinajstić information content (AvgIpc) is 2.09. The van der Waals surface area contributed by atoms with E-state index in [1.807, 2.05) is 0 Å². The first-order chi connectivity index (χ1) is 5.88. The fraction of sp³-hybridized carbons (Fsp3) is 0.875. The van der Waals surface area contributed by atoms with Crippen LogP contribution >= 0.6 is 24.0 Å². The number of nitrogens with one attached hydrogen (secondary N) is 3. The summed E-state index contributed by atoms with van der Waals surface area (Å²) in [6.07, 6.45) is 3.64. The molecule has 1 heterocycles. The molecule has 0 amide bonds. The van der Waals surface area contributed by atoms with Gasteiger partial charge in [-0.1, -0.05) is 13.3 Å². The maximum atomic E-state index is 6.96. The van der Waals surface area contributed by atoms with E-state index >= 15 is 0 Å². The highest BCUT2D eigenvalue weighted by atomic mass is 127. The fourth-order valence-electron chi connectivity index (χ4n) is 1.60. The topological polar surface area (TPSA) is 51.1 Å². The highest BCUT2D eigenvalue weighted by molar-refractivity contribution is 14.0. The van der Waals surface area contributed by atoms with Crippen LogP contribution in [0.3, 0.4) is 0 Å². The van der Waals surface area contributed by atoms with Gasteiger partial charge in [-0.2, -0.15) is 0 Å². The van der Waals surface area contributed by atoms with Gasteiger partial charge in [0.2, 0.25) is 0 Å². The second kappa shape index (κ2) is 7.52. The van der Waals surface area contributed by atoms with E-state index in [1.165, 1.54) is 19.2 Å². The zero-order valence-electron chi connectivity index (χ0n) is 8.05. The Balaban J connectivity index is 0.00000144. The monoisotopic (exact) mass is 298 g/mol. The molecule has 1 aliphatic heterocycles. The molecular formula is C8H19IN4. The molecule has 0 saturated carbocycles. The molecule has 0 aromatic carbocycles. The van der Waals surface area contributed by atoms with Gasteiger partial charge in [0.1, 0.15) is 0 Å². The first-order valence-electron chi connectivity index (χ1n) is 4.61. The van der Waals surface area contributed by atoms with Gasteiger partial charge in [0, 0.05) is 25.7 Å². The minimum Gasteiger partial charge on any atom is -0.314 e. The number of hydrazine groups is 1. The highest BCUT2D eigenvalue weighted by Crippen LogP contribution is 2.05. The summed E-state index contributed by atoms with van der Waals surface area (Å²) in [6.45, 7) is 5.23. The van der Waals surface area contributed by atoms with Gasteiger partial charge in [0.15, 0.2) is 0 Å². The van der Waals surface area contributed by atoms with Crippen LogP contribution in [0.1, 0.15) is 19.8 Å². The number of hydrogen-bond donors (Lipinski definition) is 3. The molecule has 1 saturated heterocycles. The number of nitrogens with zero attached hydrogens (tertiary/aromatic N) is 1. The van der Waals surface area contributed by atoms with Crippen LogP contribution < -0.4 is 10.7 Å². The lowest BCUT2D eigenvalue weighted by Gasteiger charge is -2.35. The molecule has 1 aliphatic rings. The Hall–Kier alpha value is 0.120. The molecule has 0 bridgehead atoms. The number of rotatable bonds is 4. The summed E-state index contributed by atoms with van der Waals surface area (Å²) in [5.74, 6) is 0. The van der Waals surface area contributed by atoms with Crippen LogP contribution in [0.5, 0.6) is 0 Å². The van der Waals surface area contributed by atoms with Crippen molar-refractivity contribution in [3.63, 3.8) is 0 Å². The van der Waals surface area contributed by atoms with Gasteiger partial charge in [-0.05, 0) is 6.42 Å². The Bertz CT molecular complexity index is 140. The smallest absolute Gasteiger partial charge is 0.0936 e. The van der Waals surface area contributed by atoms with Crippen LogP contribution in [0.4, 0.5) is 0 Å². The Morgan fingerprint density at radius 1 is 1.69 bits per heavy atom. The fourth-order valence-corrected chi connectivity index (χ4v) is 1.60. The maximum absolute atomic E-state index is 6.96. The van der Waals surface area contributed by atoms with Crippen LogP contribution in [-0.4, -0.2) is 37.0 Å². The second-order valence-electron chi connectivity index (χ2n) is 3.11. The van der Waals surface area contributed by atoms with E-state index in [9.17, 15) is 0 Å². The van der Waals surface area contributed by atoms with Crippen molar-refractivity contribution in [1.29, 1.82) is 5.41 Å². The molecule has 1 unspecified atom stereocenters. The van der Waals surface area contributed by atoms with E-state index in [1.54, 1.807) is 0 Å². The zero-order valence-corrected chi connectivity index (χ0v) is 10.4. The summed E-state index contributed by atoms with van der Waals surface area (Å²) >= 11 is 0. The molecule has 0 aliphatic carbocycles. The standard InChI is InChI=1S/C8H18N4.HI/c1-2-3-8-6-10-4-5-12(8)11-7-9;/h7-8,10H,2-6H2,1H3,(H2,9,11);1H. The largest absolute Gasteiger partial charge is 0.314 e. The molecule has 1 rings (SSSR count). The van der Waals surface area contributed by atoms with Crippen molar-refractivity contribution < 1.29 is 0 Å². The van der Waals surface area contributed by atoms with E-state index in [0.29, 0.717) is 6.04 Å². The van der Waals surface area contributed by atoms with Gasteiger partial charge in [-0.25, -0.2) is 5.01 Å². The van der Waals surface area contributed by atoms with E-state index in [0.717, 1.165) is 19.6 Å². The first kappa shape index (κ1) is 13.1. The summed E-state index contributed by atoms with van der Waals surface area (Å²) in [4.78, 5) is 0. The van der Waals surface area contributed by atoms with Crippen molar-refractivity contribution in [2.75, 3.05) is 19.6 Å².